The molecule has 0 amide bonds. The zero-order valence-corrected chi connectivity index (χ0v) is 23.1. The fourth-order valence-electron chi connectivity index (χ4n) is 6.53. The Morgan fingerprint density at radius 3 is 2.23 bits per heavy atom. The first-order valence-corrected chi connectivity index (χ1v) is 13.4. The van der Waals surface area contributed by atoms with Crippen LogP contribution >= 0.6 is 0 Å². The minimum absolute atomic E-state index is 0.0291. The van der Waals surface area contributed by atoms with Gasteiger partial charge in [-0.25, -0.2) is 0 Å². The number of rotatable bonds is 6. The summed E-state index contributed by atoms with van der Waals surface area (Å²) in [5.41, 5.74) is 6.94. The molecule has 0 spiro atoms. The van der Waals surface area contributed by atoms with Crippen molar-refractivity contribution < 1.29 is 9.90 Å². The number of fused-ring (bicyclic) bond motifs is 1. The van der Waals surface area contributed by atoms with Gasteiger partial charge in [0.15, 0.2) is 0 Å². The molecule has 0 aromatic heterocycles. The van der Waals surface area contributed by atoms with E-state index in [1.165, 1.54) is 11.1 Å². The van der Waals surface area contributed by atoms with E-state index in [9.17, 15) is 9.90 Å². The highest BCUT2D eigenvalue weighted by atomic mass is 16.4. The Hall–Kier alpha value is -2.53. The lowest BCUT2D eigenvalue weighted by atomic mass is 9.62. The fraction of sp³-hybridized carbons (Fsp3) is 0.545. The lowest BCUT2D eigenvalue weighted by Crippen LogP contribution is -2.40. The monoisotopic (exact) mass is 472 g/mol. The third kappa shape index (κ3) is 5.35. The molecule has 0 fully saturated rings. The van der Waals surface area contributed by atoms with Crippen molar-refractivity contribution in [1.82, 2.24) is 0 Å². The van der Waals surface area contributed by atoms with Crippen molar-refractivity contribution >= 4 is 5.97 Å². The Labute approximate surface area is 213 Å². The van der Waals surface area contributed by atoms with Crippen LogP contribution in [0, 0.1) is 37.0 Å². The van der Waals surface area contributed by atoms with Crippen LogP contribution in [-0.2, 0) is 16.6 Å². The zero-order chi connectivity index (χ0) is 26.0. The molecular formula is C33H44O2. The SMILES string of the molecule is CCCCC1(C(=O)O)CCCc2ccc(C(C(C)C)C(C)(C)C)c(C#Cc3c(C)cccc3C)c21. The van der Waals surface area contributed by atoms with E-state index in [1.807, 2.05) is 0 Å². The first kappa shape index (κ1) is 27.1. The second kappa shape index (κ2) is 10.6. The second-order valence-corrected chi connectivity index (χ2v) is 12.0. The first-order valence-electron chi connectivity index (χ1n) is 13.4. The fourth-order valence-corrected chi connectivity index (χ4v) is 6.53. The third-order valence-electron chi connectivity index (χ3n) is 7.95. The molecule has 1 aliphatic carbocycles. The molecule has 2 aromatic carbocycles. The number of hydrogen-bond acceptors (Lipinski definition) is 1. The highest BCUT2D eigenvalue weighted by molar-refractivity contribution is 5.84. The van der Waals surface area contributed by atoms with Crippen LogP contribution < -0.4 is 0 Å². The molecule has 2 atom stereocenters. The molecule has 188 valence electrons. The number of carboxylic acid groups (broad SMARTS) is 1. The molecule has 2 nitrogen and oxygen atoms in total. The van der Waals surface area contributed by atoms with E-state index in [0.717, 1.165) is 53.5 Å². The molecule has 0 heterocycles. The quantitative estimate of drug-likeness (QED) is 0.429. The highest BCUT2D eigenvalue weighted by Gasteiger charge is 2.46. The molecule has 1 aliphatic rings. The predicted molar refractivity (Wildman–Crippen MR) is 147 cm³/mol. The molecular weight excluding hydrogens is 428 g/mol. The summed E-state index contributed by atoms with van der Waals surface area (Å²) >= 11 is 0. The van der Waals surface area contributed by atoms with Crippen molar-refractivity contribution in [2.24, 2.45) is 11.3 Å². The van der Waals surface area contributed by atoms with E-state index in [2.05, 4.69) is 97.6 Å². The van der Waals surface area contributed by atoms with E-state index in [-0.39, 0.29) is 11.3 Å². The number of aliphatic carboxylic acids is 1. The molecule has 2 heteroatoms. The lowest BCUT2D eigenvalue weighted by molar-refractivity contribution is -0.145. The van der Waals surface area contributed by atoms with E-state index in [1.54, 1.807) is 0 Å². The van der Waals surface area contributed by atoms with Crippen LogP contribution in [-0.4, -0.2) is 11.1 Å². The van der Waals surface area contributed by atoms with Crippen molar-refractivity contribution in [2.45, 2.75) is 105 Å². The van der Waals surface area contributed by atoms with Gasteiger partial charge in [-0.1, -0.05) is 96.6 Å². The maximum absolute atomic E-state index is 13.0. The van der Waals surface area contributed by atoms with Crippen molar-refractivity contribution in [3.05, 3.63) is 69.3 Å². The smallest absolute Gasteiger partial charge is 0.314 e. The van der Waals surface area contributed by atoms with Crippen LogP contribution in [0.25, 0.3) is 0 Å². The Bertz CT molecular complexity index is 1120. The number of carbonyl (C=O) groups is 1. The van der Waals surface area contributed by atoms with Crippen LogP contribution in [0.5, 0.6) is 0 Å². The molecule has 0 saturated carbocycles. The molecule has 35 heavy (non-hydrogen) atoms. The molecule has 2 unspecified atom stereocenters. The maximum atomic E-state index is 13.0. The normalized spacial score (nSPS) is 18.5. The summed E-state index contributed by atoms with van der Waals surface area (Å²) in [5.74, 6) is 7.14. The van der Waals surface area contributed by atoms with Gasteiger partial charge in [-0.3, -0.25) is 4.79 Å². The van der Waals surface area contributed by atoms with Gasteiger partial charge >= 0.3 is 5.97 Å². The van der Waals surface area contributed by atoms with Crippen molar-refractivity contribution in [1.29, 1.82) is 0 Å². The van der Waals surface area contributed by atoms with Gasteiger partial charge in [-0.05, 0) is 84.6 Å². The standard InChI is InChI=1S/C33H44O2/c1-9-10-20-33(31(34)35)21-12-15-25-16-17-27(29(22(2)3)32(6,7)8)28(30(25)33)19-18-26-23(4)13-11-14-24(26)5/h11,13-14,16-17,22,29H,9-10,12,15,20-21H2,1-8H3,(H,34,35). The summed E-state index contributed by atoms with van der Waals surface area (Å²) in [6.45, 7) is 17.8. The summed E-state index contributed by atoms with van der Waals surface area (Å²) in [5, 5.41) is 10.7. The Balaban J connectivity index is 2.42. The summed E-state index contributed by atoms with van der Waals surface area (Å²) < 4.78 is 0. The summed E-state index contributed by atoms with van der Waals surface area (Å²) in [6, 6.07) is 10.8. The zero-order valence-electron chi connectivity index (χ0n) is 23.1. The van der Waals surface area contributed by atoms with E-state index in [4.69, 9.17) is 0 Å². The van der Waals surface area contributed by atoms with Crippen LogP contribution in [0.3, 0.4) is 0 Å². The van der Waals surface area contributed by atoms with Gasteiger partial charge < -0.3 is 5.11 Å². The Morgan fingerprint density at radius 2 is 1.69 bits per heavy atom. The third-order valence-corrected chi connectivity index (χ3v) is 7.95. The van der Waals surface area contributed by atoms with Gasteiger partial charge in [-0.15, -0.1) is 0 Å². The number of hydrogen-bond donors (Lipinski definition) is 1. The van der Waals surface area contributed by atoms with Gasteiger partial charge in [0.05, 0.1) is 5.41 Å². The molecule has 0 saturated heterocycles. The Morgan fingerprint density at radius 1 is 1.06 bits per heavy atom. The van der Waals surface area contributed by atoms with Gasteiger partial charge in [0, 0.05) is 11.1 Å². The average Bonchev–Trinajstić information content (AvgIpc) is 2.76. The molecule has 0 radical (unpaired) electrons. The summed E-state index contributed by atoms with van der Waals surface area (Å²) in [4.78, 5) is 13.0. The number of benzene rings is 2. The topological polar surface area (TPSA) is 37.3 Å². The van der Waals surface area contributed by atoms with Crippen LogP contribution in [0.4, 0.5) is 0 Å². The van der Waals surface area contributed by atoms with Crippen molar-refractivity contribution in [3.63, 3.8) is 0 Å². The van der Waals surface area contributed by atoms with E-state index < -0.39 is 11.4 Å². The van der Waals surface area contributed by atoms with Crippen LogP contribution in [0.15, 0.2) is 30.3 Å². The van der Waals surface area contributed by atoms with Gasteiger partial charge in [-0.2, -0.15) is 0 Å². The van der Waals surface area contributed by atoms with Gasteiger partial charge in [0.25, 0.3) is 0 Å². The predicted octanol–water partition coefficient (Wildman–Crippen LogP) is 8.34. The van der Waals surface area contributed by atoms with Crippen molar-refractivity contribution in [3.8, 4) is 11.8 Å². The summed E-state index contributed by atoms with van der Waals surface area (Å²) in [6.07, 6.45) is 5.11. The number of aryl methyl sites for hydroxylation is 3. The molecule has 0 bridgehead atoms. The molecule has 3 rings (SSSR count). The maximum Gasteiger partial charge on any atom is 0.314 e. The van der Waals surface area contributed by atoms with Crippen LogP contribution in [0.2, 0.25) is 0 Å². The van der Waals surface area contributed by atoms with Crippen molar-refractivity contribution in [2.75, 3.05) is 0 Å². The molecule has 1 N–H and O–H groups in total. The lowest BCUT2D eigenvalue weighted by Gasteiger charge is -2.40. The molecule has 0 aliphatic heterocycles. The van der Waals surface area contributed by atoms with E-state index >= 15 is 0 Å². The van der Waals surface area contributed by atoms with E-state index in [0.29, 0.717) is 18.8 Å². The number of carboxylic acids is 1. The summed E-state index contributed by atoms with van der Waals surface area (Å²) in [7, 11) is 0. The second-order valence-electron chi connectivity index (χ2n) is 12.0. The van der Waals surface area contributed by atoms with Gasteiger partial charge in [0.1, 0.15) is 0 Å². The highest BCUT2D eigenvalue weighted by Crippen LogP contribution is 2.48. The minimum Gasteiger partial charge on any atom is -0.481 e. The largest absolute Gasteiger partial charge is 0.481 e. The minimum atomic E-state index is -0.857. The average molecular weight is 473 g/mol. The number of unbranched alkanes of at least 4 members (excludes halogenated alkanes) is 1. The first-order chi connectivity index (χ1) is 16.4. The Kier molecular flexibility index (Phi) is 8.21. The van der Waals surface area contributed by atoms with Crippen LogP contribution in [0.1, 0.15) is 119 Å². The molecule has 2 aromatic rings. The van der Waals surface area contributed by atoms with Gasteiger partial charge in [0.2, 0.25) is 0 Å².